The van der Waals surface area contributed by atoms with Gasteiger partial charge in [0.05, 0.1) is 12.2 Å². The Kier molecular flexibility index (Phi) is 6.36. The lowest BCUT2D eigenvalue weighted by Gasteiger charge is -2.36. The van der Waals surface area contributed by atoms with Crippen LogP contribution in [0.15, 0.2) is 18.2 Å². The maximum absolute atomic E-state index is 15.0. The Morgan fingerprint density at radius 2 is 1.50 bits per heavy atom. The lowest BCUT2D eigenvalue weighted by atomic mass is 9.71. The Balaban J connectivity index is 1.30. The number of hydrogen-bond donors (Lipinski definition) is 0. The van der Waals surface area contributed by atoms with Crippen LogP contribution in [0.5, 0.6) is 5.75 Å². The molecule has 34 heavy (non-hydrogen) atoms. The number of halogens is 5. The minimum absolute atomic E-state index is 0.0841. The number of aryl methyl sites for hydroxylation is 1. The highest BCUT2D eigenvalue weighted by molar-refractivity contribution is 6.05. The number of rotatable bonds is 5. The molecule has 0 unspecified atom stereocenters. The third-order valence-corrected chi connectivity index (χ3v) is 8.35. The molecule has 0 aliphatic heterocycles. The lowest BCUT2D eigenvalue weighted by Crippen LogP contribution is -2.26. The molecule has 3 aliphatic rings. The summed E-state index contributed by atoms with van der Waals surface area (Å²) >= 11 is 0. The second kappa shape index (κ2) is 9.16. The first-order valence-corrected chi connectivity index (χ1v) is 12.7. The van der Waals surface area contributed by atoms with Crippen molar-refractivity contribution in [1.82, 2.24) is 0 Å². The normalized spacial score (nSPS) is 22.6. The average Bonchev–Trinajstić information content (AvgIpc) is 2.83. The number of benzene rings is 2. The summed E-state index contributed by atoms with van der Waals surface area (Å²) in [5.74, 6) is -0.747. The molecule has 0 amide bonds. The molecule has 2 aromatic carbocycles. The largest absolute Gasteiger partial charge is 0.490 e. The molecule has 0 aromatic heterocycles. The van der Waals surface area contributed by atoms with Gasteiger partial charge in [0.1, 0.15) is 0 Å². The van der Waals surface area contributed by atoms with E-state index in [1.165, 1.54) is 44.2 Å². The smallest absolute Gasteiger partial charge is 0.417 e. The topological polar surface area (TPSA) is 9.23 Å². The van der Waals surface area contributed by atoms with Crippen molar-refractivity contribution in [2.45, 2.75) is 77.3 Å². The van der Waals surface area contributed by atoms with E-state index in [-0.39, 0.29) is 34.4 Å². The van der Waals surface area contributed by atoms with Gasteiger partial charge in [-0.25, -0.2) is 4.39 Å². The summed E-state index contributed by atoms with van der Waals surface area (Å²) in [6.45, 7) is 1.93. The lowest BCUT2D eigenvalue weighted by molar-refractivity contribution is -0.137. The van der Waals surface area contributed by atoms with Crippen molar-refractivity contribution in [2.75, 3.05) is 6.61 Å². The summed E-state index contributed by atoms with van der Waals surface area (Å²) in [4.78, 5) is 0. The second-order valence-corrected chi connectivity index (χ2v) is 10.3. The molecule has 0 saturated heterocycles. The van der Waals surface area contributed by atoms with Gasteiger partial charge in [0.2, 0.25) is 5.82 Å². The molecule has 2 fully saturated rings. The van der Waals surface area contributed by atoms with Gasteiger partial charge in [-0.05, 0) is 72.6 Å². The van der Waals surface area contributed by atoms with Gasteiger partial charge in [-0.3, -0.25) is 0 Å². The summed E-state index contributed by atoms with van der Waals surface area (Å²) in [6.07, 6.45) is 6.58. The molecule has 0 atom stereocenters. The number of ether oxygens (including phenoxy) is 1. The van der Waals surface area contributed by atoms with Gasteiger partial charge < -0.3 is 4.74 Å². The SMILES string of the molecule is CCc1ccc2c(c1C(F)(F)F)-c1c-2cc(OCC2CCC(C3CCCCC3)CC2)c(F)c1F. The molecule has 1 nitrogen and oxygen atoms in total. The van der Waals surface area contributed by atoms with E-state index in [2.05, 4.69) is 0 Å². The molecule has 0 radical (unpaired) electrons. The predicted molar refractivity (Wildman–Crippen MR) is 123 cm³/mol. The van der Waals surface area contributed by atoms with Crippen LogP contribution >= 0.6 is 0 Å². The van der Waals surface area contributed by atoms with Gasteiger partial charge in [-0.2, -0.15) is 17.6 Å². The number of fused-ring (bicyclic) bond motifs is 4. The van der Waals surface area contributed by atoms with E-state index >= 15 is 0 Å². The Bertz CT molecular complexity index is 1060. The first-order chi connectivity index (χ1) is 16.3. The summed E-state index contributed by atoms with van der Waals surface area (Å²) in [5, 5.41) is 0. The quantitative estimate of drug-likeness (QED) is 0.333. The number of alkyl halides is 3. The van der Waals surface area contributed by atoms with E-state index in [4.69, 9.17) is 4.74 Å². The van der Waals surface area contributed by atoms with Gasteiger partial charge in [0.15, 0.2) is 11.6 Å². The second-order valence-electron chi connectivity index (χ2n) is 10.3. The standard InChI is InChI=1S/C28H31F5O/c1-2-17-12-13-20-21-14-22(26(29)27(30)24(21)23(20)25(17)28(31,32)33)34-15-16-8-10-19(11-9-16)18-6-4-3-5-7-18/h12-14,16,18-19H,2-11,15H2,1H3. The zero-order valence-corrected chi connectivity index (χ0v) is 19.5. The molecular weight excluding hydrogens is 447 g/mol. The molecule has 5 rings (SSSR count). The van der Waals surface area contributed by atoms with Crippen LogP contribution in [-0.4, -0.2) is 6.61 Å². The van der Waals surface area contributed by atoms with E-state index in [0.29, 0.717) is 18.1 Å². The molecule has 6 heteroatoms. The first kappa shape index (κ1) is 23.6. The first-order valence-electron chi connectivity index (χ1n) is 12.7. The van der Waals surface area contributed by atoms with Crippen LogP contribution < -0.4 is 4.74 Å². The van der Waals surface area contributed by atoms with Gasteiger partial charge >= 0.3 is 6.18 Å². The predicted octanol–water partition coefficient (Wildman–Crippen LogP) is 8.96. The van der Waals surface area contributed by atoms with Crippen LogP contribution in [-0.2, 0) is 12.6 Å². The highest BCUT2D eigenvalue weighted by Crippen LogP contribution is 2.56. The minimum Gasteiger partial charge on any atom is -0.490 e. The molecule has 0 N–H and O–H groups in total. The van der Waals surface area contributed by atoms with Crippen molar-refractivity contribution >= 4 is 0 Å². The van der Waals surface area contributed by atoms with Crippen LogP contribution in [0.25, 0.3) is 22.3 Å². The molecule has 2 saturated carbocycles. The van der Waals surface area contributed by atoms with Crippen LogP contribution in [0.3, 0.4) is 0 Å². The van der Waals surface area contributed by atoms with Crippen molar-refractivity contribution < 1.29 is 26.7 Å². The van der Waals surface area contributed by atoms with Gasteiger partial charge in [0.25, 0.3) is 0 Å². The molecular formula is C28H31F5O. The van der Waals surface area contributed by atoms with Gasteiger partial charge in [-0.15, -0.1) is 0 Å². The molecule has 0 bridgehead atoms. The van der Waals surface area contributed by atoms with Crippen LogP contribution in [0, 0.1) is 29.4 Å². The minimum atomic E-state index is -4.64. The molecule has 3 aliphatic carbocycles. The van der Waals surface area contributed by atoms with E-state index < -0.39 is 23.4 Å². The highest BCUT2D eigenvalue weighted by Gasteiger charge is 2.43. The molecule has 2 aromatic rings. The zero-order valence-electron chi connectivity index (χ0n) is 19.5. The zero-order chi connectivity index (χ0) is 24.0. The van der Waals surface area contributed by atoms with Crippen molar-refractivity contribution in [3.63, 3.8) is 0 Å². The fourth-order valence-electron chi connectivity index (χ4n) is 6.49. The Labute approximate surface area is 197 Å². The van der Waals surface area contributed by atoms with Crippen LogP contribution in [0.1, 0.15) is 75.8 Å². The molecule has 0 spiro atoms. The molecule has 0 heterocycles. The Hall–Kier alpha value is -2.11. The van der Waals surface area contributed by atoms with E-state index in [1.807, 2.05) is 0 Å². The average molecular weight is 479 g/mol. The maximum Gasteiger partial charge on any atom is 0.417 e. The summed E-state index contributed by atoms with van der Waals surface area (Å²) in [5.41, 5.74) is -0.696. The Morgan fingerprint density at radius 3 is 2.15 bits per heavy atom. The van der Waals surface area contributed by atoms with Crippen LogP contribution in [0.4, 0.5) is 22.0 Å². The third-order valence-electron chi connectivity index (χ3n) is 8.35. The van der Waals surface area contributed by atoms with Crippen molar-refractivity contribution in [3.8, 4) is 28.0 Å². The van der Waals surface area contributed by atoms with Crippen molar-refractivity contribution in [1.29, 1.82) is 0 Å². The van der Waals surface area contributed by atoms with Crippen LogP contribution in [0.2, 0.25) is 0 Å². The summed E-state index contributed by atoms with van der Waals surface area (Å²) in [7, 11) is 0. The third kappa shape index (κ3) is 4.11. The van der Waals surface area contributed by atoms with E-state index in [0.717, 1.165) is 37.5 Å². The monoisotopic (exact) mass is 478 g/mol. The fraction of sp³-hybridized carbons (Fsp3) is 0.571. The van der Waals surface area contributed by atoms with Crippen molar-refractivity contribution in [3.05, 3.63) is 41.0 Å². The highest BCUT2D eigenvalue weighted by atomic mass is 19.4. The van der Waals surface area contributed by atoms with Gasteiger partial charge in [0, 0.05) is 11.1 Å². The van der Waals surface area contributed by atoms with Gasteiger partial charge in [-0.1, -0.05) is 51.2 Å². The molecule has 184 valence electrons. The number of hydrogen-bond acceptors (Lipinski definition) is 1. The van der Waals surface area contributed by atoms with Crippen molar-refractivity contribution in [2.24, 2.45) is 17.8 Å². The Morgan fingerprint density at radius 1 is 0.824 bits per heavy atom. The fourth-order valence-corrected chi connectivity index (χ4v) is 6.49. The van der Waals surface area contributed by atoms with E-state index in [9.17, 15) is 22.0 Å². The summed E-state index contributed by atoms with van der Waals surface area (Å²) < 4.78 is 76.8. The summed E-state index contributed by atoms with van der Waals surface area (Å²) in [6, 6.07) is 4.37. The van der Waals surface area contributed by atoms with E-state index in [1.54, 1.807) is 13.0 Å². The maximum atomic E-state index is 15.0.